The summed E-state index contributed by atoms with van der Waals surface area (Å²) in [6.07, 6.45) is 6.26. The Balaban J connectivity index is 1.27. The van der Waals surface area contributed by atoms with Crippen molar-refractivity contribution in [2.24, 2.45) is 0 Å². The SMILES string of the molecule is Cc1noc(C)c1CCC(=O)N1CC(n2cc(Cn3nccn3)nn2)C1. The van der Waals surface area contributed by atoms with Crippen LogP contribution in [0.3, 0.4) is 0 Å². The molecule has 0 spiro atoms. The Hall–Kier alpha value is -3.04. The Morgan fingerprint density at radius 3 is 2.73 bits per heavy atom. The summed E-state index contributed by atoms with van der Waals surface area (Å²) in [4.78, 5) is 15.7. The van der Waals surface area contributed by atoms with Gasteiger partial charge >= 0.3 is 0 Å². The molecule has 0 N–H and O–H groups in total. The highest BCUT2D eigenvalue weighted by Crippen LogP contribution is 2.22. The van der Waals surface area contributed by atoms with Gasteiger partial charge in [0.05, 0.1) is 30.3 Å². The number of hydrogen-bond acceptors (Lipinski definition) is 7. The average Bonchev–Trinajstić information content (AvgIpc) is 3.29. The maximum atomic E-state index is 12.3. The number of aromatic nitrogens is 7. The van der Waals surface area contributed by atoms with Gasteiger partial charge in [0.2, 0.25) is 5.91 Å². The molecule has 0 aliphatic carbocycles. The lowest BCUT2D eigenvalue weighted by Gasteiger charge is -2.39. The van der Waals surface area contributed by atoms with Gasteiger partial charge in [-0.1, -0.05) is 10.4 Å². The van der Waals surface area contributed by atoms with E-state index in [2.05, 4.69) is 25.7 Å². The van der Waals surface area contributed by atoms with Crippen LogP contribution in [-0.4, -0.2) is 59.0 Å². The van der Waals surface area contributed by atoms with E-state index in [4.69, 9.17) is 4.52 Å². The van der Waals surface area contributed by atoms with Gasteiger partial charge in [-0.25, -0.2) is 4.68 Å². The molecule has 1 aliphatic heterocycles. The summed E-state index contributed by atoms with van der Waals surface area (Å²) in [7, 11) is 0. The fourth-order valence-electron chi connectivity index (χ4n) is 3.11. The number of amides is 1. The normalized spacial score (nSPS) is 14.6. The molecule has 4 heterocycles. The molecule has 1 aliphatic rings. The Labute approximate surface area is 149 Å². The number of likely N-dealkylation sites (tertiary alicyclic amines) is 1. The molecule has 0 aromatic carbocycles. The summed E-state index contributed by atoms with van der Waals surface area (Å²) in [5.41, 5.74) is 2.69. The van der Waals surface area contributed by atoms with Gasteiger partial charge < -0.3 is 9.42 Å². The van der Waals surface area contributed by atoms with Gasteiger partial charge in [-0.2, -0.15) is 15.0 Å². The fourth-order valence-corrected chi connectivity index (χ4v) is 3.11. The third-order valence-corrected chi connectivity index (χ3v) is 4.69. The Bertz CT molecular complexity index is 872. The molecule has 0 radical (unpaired) electrons. The van der Waals surface area contributed by atoms with Crippen LogP contribution in [-0.2, 0) is 17.8 Å². The van der Waals surface area contributed by atoms with Crippen molar-refractivity contribution in [1.29, 1.82) is 0 Å². The minimum absolute atomic E-state index is 0.141. The largest absolute Gasteiger partial charge is 0.361 e. The number of carbonyl (C=O) groups excluding carboxylic acids is 1. The van der Waals surface area contributed by atoms with E-state index in [9.17, 15) is 4.79 Å². The van der Waals surface area contributed by atoms with Gasteiger partial charge in [0.15, 0.2) is 0 Å². The van der Waals surface area contributed by atoms with E-state index in [-0.39, 0.29) is 11.9 Å². The van der Waals surface area contributed by atoms with E-state index in [1.807, 2.05) is 29.6 Å². The molecule has 1 amide bonds. The van der Waals surface area contributed by atoms with Crippen molar-refractivity contribution in [3.05, 3.63) is 41.3 Å². The molecule has 0 bridgehead atoms. The summed E-state index contributed by atoms with van der Waals surface area (Å²) in [5.74, 6) is 0.931. The predicted molar refractivity (Wildman–Crippen MR) is 89.1 cm³/mol. The first-order valence-corrected chi connectivity index (χ1v) is 8.54. The van der Waals surface area contributed by atoms with Crippen molar-refractivity contribution in [2.45, 2.75) is 39.3 Å². The standard InChI is InChI=1S/C16H20N8O2/c1-11-15(12(2)26-20-11)3-4-16(25)22-9-14(10-22)23-7-13(19-21-23)8-24-17-5-6-18-24/h5-7,14H,3-4,8-10H2,1-2H3. The zero-order chi connectivity index (χ0) is 18.1. The second-order valence-electron chi connectivity index (χ2n) is 6.50. The molecule has 1 saturated heterocycles. The summed E-state index contributed by atoms with van der Waals surface area (Å²) in [5, 5.41) is 20.3. The lowest BCUT2D eigenvalue weighted by molar-refractivity contribution is -0.137. The lowest BCUT2D eigenvalue weighted by Crippen LogP contribution is -2.51. The summed E-state index contributed by atoms with van der Waals surface area (Å²) in [6.45, 7) is 5.57. The van der Waals surface area contributed by atoms with Crippen molar-refractivity contribution in [3.8, 4) is 0 Å². The fraction of sp³-hybridized carbons (Fsp3) is 0.500. The van der Waals surface area contributed by atoms with Crippen LogP contribution >= 0.6 is 0 Å². The van der Waals surface area contributed by atoms with Gasteiger partial charge in [0.25, 0.3) is 0 Å². The highest BCUT2D eigenvalue weighted by atomic mass is 16.5. The molecule has 10 nitrogen and oxygen atoms in total. The number of carbonyl (C=O) groups is 1. The van der Waals surface area contributed by atoms with E-state index in [0.29, 0.717) is 32.5 Å². The van der Waals surface area contributed by atoms with Crippen molar-refractivity contribution in [2.75, 3.05) is 13.1 Å². The van der Waals surface area contributed by atoms with Crippen molar-refractivity contribution < 1.29 is 9.32 Å². The highest BCUT2D eigenvalue weighted by Gasteiger charge is 2.32. The molecule has 10 heteroatoms. The number of aryl methyl sites for hydroxylation is 2. The third-order valence-electron chi connectivity index (χ3n) is 4.69. The molecule has 1 fully saturated rings. The second kappa shape index (κ2) is 6.70. The first-order chi connectivity index (χ1) is 12.6. The molecule has 3 aromatic heterocycles. The molecular formula is C16H20N8O2. The van der Waals surface area contributed by atoms with Gasteiger partial charge in [-0.15, -0.1) is 5.10 Å². The van der Waals surface area contributed by atoms with Crippen molar-refractivity contribution in [3.63, 3.8) is 0 Å². The van der Waals surface area contributed by atoms with Crippen molar-refractivity contribution in [1.82, 2.24) is 40.0 Å². The van der Waals surface area contributed by atoms with E-state index in [1.165, 1.54) is 0 Å². The minimum Gasteiger partial charge on any atom is -0.361 e. The zero-order valence-electron chi connectivity index (χ0n) is 14.7. The van der Waals surface area contributed by atoms with E-state index >= 15 is 0 Å². The third kappa shape index (κ3) is 3.22. The van der Waals surface area contributed by atoms with E-state index < -0.39 is 0 Å². The Morgan fingerprint density at radius 1 is 1.27 bits per heavy atom. The predicted octanol–water partition coefficient (Wildman–Crippen LogP) is 0.539. The molecular weight excluding hydrogens is 336 g/mol. The van der Waals surface area contributed by atoms with E-state index in [0.717, 1.165) is 22.7 Å². The summed E-state index contributed by atoms with van der Waals surface area (Å²) in [6, 6.07) is 0.171. The zero-order valence-corrected chi connectivity index (χ0v) is 14.7. The lowest BCUT2D eigenvalue weighted by atomic mass is 10.0. The molecule has 3 aromatic rings. The highest BCUT2D eigenvalue weighted by molar-refractivity contribution is 5.77. The first kappa shape index (κ1) is 16.4. The Morgan fingerprint density at radius 2 is 2.04 bits per heavy atom. The molecule has 0 unspecified atom stereocenters. The Kier molecular flexibility index (Phi) is 4.23. The van der Waals surface area contributed by atoms with Gasteiger partial charge in [0, 0.05) is 25.1 Å². The van der Waals surface area contributed by atoms with E-state index in [1.54, 1.807) is 17.2 Å². The average molecular weight is 356 g/mol. The van der Waals surface area contributed by atoms with Crippen LogP contribution < -0.4 is 0 Å². The summed E-state index contributed by atoms with van der Waals surface area (Å²) >= 11 is 0. The van der Waals surface area contributed by atoms with Gasteiger partial charge in [0.1, 0.15) is 18.0 Å². The molecule has 4 rings (SSSR count). The van der Waals surface area contributed by atoms with Gasteiger partial charge in [-0.05, 0) is 20.3 Å². The van der Waals surface area contributed by atoms with Crippen LogP contribution in [0.25, 0.3) is 0 Å². The topological polar surface area (TPSA) is 108 Å². The smallest absolute Gasteiger partial charge is 0.223 e. The maximum absolute atomic E-state index is 12.3. The maximum Gasteiger partial charge on any atom is 0.223 e. The summed E-state index contributed by atoms with van der Waals surface area (Å²) < 4.78 is 6.96. The van der Waals surface area contributed by atoms with Gasteiger partial charge in [-0.3, -0.25) is 4.79 Å². The number of hydrogen-bond donors (Lipinski definition) is 0. The van der Waals surface area contributed by atoms with Crippen LogP contribution in [0, 0.1) is 13.8 Å². The van der Waals surface area contributed by atoms with Crippen molar-refractivity contribution >= 4 is 5.91 Å². The second-order valence-corrected chi connectivity index (χ2v) is 6.50. The van der Waals surface area contributed by atoms with Crippen LogP contribution in [0.1, 0.15) is 35.2 Å². The molecule has 26 heavy (non-hydrogen) atoms. The van der Waals surface area contributed by atoms with Crippen LogP contribution in [0.15, 0.2) is 23.1 Å². The van der Waals surface area contributed by atoms with Crippen LogP contribution in [0.5, 0.6) is 0 Å². The quantitative estimate of drug-likeness (QED) is 0.634. The number of nitrogens with zero attached hydrogens (tertiary/aromatic N) is 8. The monoisotopic (exact) mass is 356 g/mol. The molecule has 136 valence electrons. The minimum atomic E-state index is 0.141. The first-order valence-electron chi connectivity index (χ1n) is 8.54. The van der Waals surface area contributed by atoms with Crippen LogP contribution in [0.2, 0.25) is 0 Å². The molecule has 0 atom stereocenters. The molecule has 0 saturated carbocycles. The number of rotatable bonds is 6. The van der Waals surface area contributed by atoms with Crippen LogP contribution in [0.4, 0.5) is 0 Å².